The molecule has 1 unspecified atom stereocenters. The summed E-state index contributed by atoms with van der Waals surface area (Å²) in [6.45, 7) is 0. The summed E-state index contributed by atoms with van der Waals surface area (Å²) in [5.74, 6) is -0.794. The Bertz CT molecular complexity index is 610. The van der Waals surface area contributed by atoms with E-state index in [0.717, 1.165) is 12.8 Å². The van der Waals surface area contributed by atoms with Crippen LogP contribution in [-0.2, 0) is 6.42 Å². The summed E-state index contributed by atoms with van der Waals surface area (Å²) < 4.78 is 12.7. The van der Waals surface area contributed by atoms with E-state index in [1.165, 1.54) is 29.5 Å². The molecule has 1 atom stereocenters. The predicted molar refractivity (Wildman–Crippen MR) is 69.2 cm³/mol. The van der Waals surface area contributed by atoms with E-state index in [9.17, 15) is 9.18 Å². The van der Waals surface area contributed by atoms with Crippen molar-refractivity contribution in [2.24, 2.45) is 0 Å². The number of hydrogen-bond acceptors (Lipinski definition) is 2. The minimum atomic E-state index is -0.581. The van der Waals surface area contributed by atoms with E-state index in [4.69, 9.17) is 0 Å². The Morgan fingerprint density at radius 3 is 2.89 bits per heavy atom. The monoisotopic (exact) mass is 256 g/mol. The molecule has 1 heterocycles. The molecule has 96 valence electrons. The third-order valence-electron chi connectivity index (χ3n) is 3.43. The molecule has 0 bridgehead atoms. The van der Waals surface area contributed by atoms with Gasteiger partial charge in [0.2, 0.25) is 5.95 Å². The fourth-order valence-electron chi connectivity index (χ4n) is 2.46. The second-order valence-electron chi connectivity index (χ2n) is 4.63. The number of fused-ring (bicyclic) bond motifs is 1. The zero-order chi connectivity index (χ0) is 13.2. The Morgan fingerprint density at radius 1 is 1.26 bits per heavy atom. The summed E-state index contributed by atoms with van der Waals surface area (Å²) in [5, 5.41) is 2.97. The van der Waals surface area contributed by atoms with E-state index >= 15 is 0 Å². The molecule has 1 N–H and O–H groups in total. The van der Waals surface area contributed by atoms with Crippen molar-refractivity contribution in [3.63, 3.8) is 0 Å². The normalized spacial score (nSPS) is 17.0. The second kappa shape index (κ2) is 4.80. The molecule has 1 amide bonds. The van der Waals surface area contributed by atoms with Crippen molar-refractivity contribution in [2.45, 2.75) is 18.9 Å². The zero-order valence-electron chi connectivity index (χ0n) is 10.3. The highest BCUT2D eigenvalue weighted by Crippen LogP contribution is 2.30. The average molecular weight is 256 g/mol. The molecule has 2 aromatic rings. The highest BCUT2D eigenvalue weighted by atomic mass is 19.1. The van der Waals surface area contributed by atoms with Crippen LogP contribution >= 0.6 is 0 Å². The van der Waals surface area contributed by atoms with Crippen LogP contribution in [0.3, 0.4) is 0 Å². The SMILES string of the molecule is O=C(NC1CCc2ccccc21)c1ccc(F)nc1. The number of aryl methyl sites for hydroxylation is 1. The number of halogens is 1. The lowest BCUT2D eigenvalue weighted by Crippen LogP contribution is -2.27. The molecule has 3 rings (SSSR count). The van der Waals surface area contributed by atoms with Crippen molar-refractivity contribution in [3.05, 3.63) is 65.2 Å². The quantitative estimate of drug-likeness (QED) is 0.839. The minimum absolute atomic E-state index is 0.0359. The zero-order valence-corrected chi connectivity index (χ0v) is 10.3. The van der Waals surface area contributed by atoms with Crippen LogP contribution in [0.25, 0.3) is 0 Å². The van der Waals surface area contributed by atoms with Crippen molar-refractivity contribution in [3.8, 4) is 0 Å². The van der Waals surface area contributed by atoms with E-state index in [2.05, 4.69) is 16.4 Å². The lowest BCUT2D eigenvalue weighted by molar-refractivity contribution is 0.0936. The highest BCUT2D eigenvalue weighted by Gasteiger charge is 2.23. The van der Waals surface area contributed by atoms with Gasteiger partial charge in [-0.15, -0.1) is 0 Å². The number of carbonyl (C=O) groups excluding carboxylic acids is 1. The summed E-state index contributed by atoms with van der Waals surface area (Å²) in [4.78, 5) is 15.5. The van der Waals surface area contributed by atoms with Gasteiger partial charge in [0.25, 0.3) is 5.91 Å². The van der Waals surface area contributed by atoms with Gasteiger partial charge in [-0.2, -0.15) is 4.39 Å². The van der Waals surface area contributed by atoms with Crippen LogP contribution in [0.1, 0.15) is 33.9 Å². The van der Waals surface area contributed by atoms with E-state index < -0.39 is 5.95 Å². The average Bonchev–Trinajstić information content (AvgIpc) is 2.83. The van der Waals surface area contributed by atoms with E-state index in [0.29, 0.717) is 5.56 Å². The number of carbonyl (C=O) groups is 1. The third kappa shape index (κ3) is 2.34. The number of benzene rings is 1. The Morgan fingerprint density at radius 2 is 2.11 bits per heavy atom. The van der Waals surface area contributed by atoms with Crippen molar-refractivity contribution in [1.82, 2.24) is 10.3 Å². The van der Waals surface area contributed by atoms with Gasteiger partial charge < -0.3 is 5.32 Å². The standard InChI is InChI=1S/C15H13FN2O/c16-14-8-6-11(9-17-14)15(19)18-13-7-5-10-3-1-2-4-12(10)13/h1-4,6,8-9,13H,5,7H2,(H,18,19). The van der Waals surface area contributed by atoms with E-state index in [1.807, 2.05) is 18.2 Å². The molecule has 1 aromatic heterocycles. The molecular weight excluding hydrogens is 243 g/mol. The number of nitrogens with one attached hydrogen (secondary N) is 1. The Hall–Kier alpha value is -2.23. The van der Waals surface area contributed by atoms with Gasteiger partial charge in [0, 0.05) is 6.20 Å². The van der Waals surface area contributed by atoms with Gasteiger partial charge in [0.05, 0.1) is 11.6 Å². The molecule has 0 saturated carbocycles. The molecule has 1 aromatic carbocycles. The van der Waals surface area contributed by atoms with E-state index in [1.54, 1.807) is 0 Å². The molecule has 0 aliphatic heterocycles. The molecule has 3 nitrogen and oxygen atoms in total. The number of hydrogen-bond donors (Lipinski definition) is 1. The number of amides is 1. The lowest BCUT2D eigenvalue weighted by Gasteiger charge is -2.13. The third-order valence-corrected chi connectivity index (χ3v) is 3.43. The molecule has 0 fully saturated rings. The Labute approximate surface area is 110 Å². The van der Waals surface area contributed by atoms with Crippen molar-refractivity contribution in [2.75, 3.05) is 0 Å². The Balaban J connectivity index is 1.76. The van der Waals surface area contributed by atoms with Crippen LogP contribution in [0, 0.1) is 5.95 Å². The molecule has 4 heteroatoms. The van der Waals surface area contributed by atoms with Crippen LogP contribution in [0.5, 0.6) is 0 Å². The molecule has 0 radical (unpaired) electrons. The maximum absolute atomic E-state index is 12.7. The maximum atomic E-state index is 12.7. The van der Waals surface area contributed by atoms with Crippen LogP contribution in [-0.4, -0.2) is 10.9 Å². The number of rotatable bonds is 2. The second-order valence-corrected chi connectivity index (χ2v) is 4.63. The summed E-state index contributed by atoms with van der Waals surface area (Å²) in [6, 6.07) is 10.8. The summed E-state index contributed by atoms with van der Waals surface area (Å²) in [6.07, 6.45) is 3.13. The molecule has 1 aliphatic carbocycles. The molecule has 1 aliphatic rings. The molecule has 0 spiro atoms. The first-order chi connectivity index (χ1) is 9.24. The topological polar surface area (TPSA) is 42.0 Å². The first kappa shape index (κ1) is 11.8. The summed E-state index contributed by atoms with van der Waals surface area (Å²) >= 11 is 0. The molecular formula is C15H13FN2O. The van der Waals surface area contributed by atoms with Crippen LogP contribution in [0.4, 0.5) is 4.39 Å². The van der Waals surface area contributed by atoms with Crippen molar-refractivity contribution in [1.29, 1.82) is 0 Å². The minimum Gasteiger partial charge on any atom is -0.345 e. The molecule has 0 saturated heterocycles. The van der Waals surface area contributed by atoms with Gasteiger partial charge >= 0.3 is 0 Å². The smallest absolute Gasteiger partial charge is 0.253 e. The maximum Gasteiger partial charge on any atom is 0.253 e. The van der Waals surface area contributed by atoms with Gasteiger partial charge in [-0.25, -0.2) is 4.98 Å². The van der Waals surface area contributed by atoms with Crippen molar-refractivity contribution >= 4 is 5.91 Å². The lowest BCUT2D eigenvalue weighted by atomic mass is 10.1. The van der Waals surface area contributed by atoms with Gasteiger partial charge in [0.15, 0.2) is 0 Å². The highest BCUT2D eigenvalue weighted by molar-refractivity contribution is 5.94. The first-order valence-corrected chi connectivity index (χ1v) is 6.24. The van der Waals surface area contributed by atoms with Crippen LogP contribution in [0.2, 0.25) is 0 Å². The van der Waals surface area contributed by atoms with E-state index in [-0.39, 0.29) is 11.9 Å². The molecule has 19 heavy (non-hydrogen) atoms. The summed E-state index contributed by atoms with van der Waals surface area (Å²) in [5.41, 5.74) is 2.83. The fourth-order valence-corrected chi connectivity index (χ4v) is 2.46. The van der Waals surface area contributed by atoms with Crippen LogP contribution in [0.15, 0.2) is 42.6 Å². The number of pyridine rings is 1. The number of nitrogens with zero attached hydrogens (tertiary/aromatic N) is 1. The van der Waals surface area contributed by atoms with Gasteiger partial charge in [0.1, 0.15) is 0 Å². The van der Waals surface area contributed by atoms with Gasteiger partial charge in [-0.1, -0.05) is 24.3 Å². The van der Waals surface area contributed by atoms with Gasteiger partial charge in [-0.3, -0.25) is 4.79 Å². The largest absolute Gasteiger partial charge is 0.345 e. The van der Waals surface area contributed by atoms with Gasteiger partial charge in [-0.05, 0) is 36.1 Å². The summed E-state index contributed by atoms with van der Waals surface area (Å²) in [7, 11) is 0. The first-order valence-electron chi connectivity index (χ1n) is 6.24. The fraction of sp³-hybridized carbons (Fsp3) is 0.200. The number of aromatic nitrogens is 1. The Kier molecular flexibility index (Phi) is 2.99. The predicted octanol–water partition coefficient (Wildman–Crippen LogP) is 2.64. The van der Waals surface area contributed by atoms with Crippen LogP contribution < -0.4 is 5.32 Å². The van der Waals surface area contributed by atoms with Crippen molar-refractivity contribution < 1.29 is 9.18 Å².